The lowest BCUT2D eigenvalue weighted by Crippen LogP contribution is -2.38. The van der Waals surface area contributed by atoms with Gasteiger partial charge in [-0.15, -0.1) is 0 Å². The van der Waals surface area contributed by atoms with Crippen LogP contribution in [0.15, 0.2) is 35.3 Å². The smallest absolute Gasteiger partial charge is 0.264 e. The quantitative estimate of drug-likeness (QED) is 0.681. The third-order valence-corrected chi connectivity index (χ3v) is 5.79. The number of ether oxygens (including phenoxy) is 1. The van der Waals surface area contributed by atoms with Gasteiger partial charge in [0.25, 0.3) is 12.0 Å². The second-order valence-corrected chi connectivity index (χ2v) is 7.99. The molecule has 8 heteroatoms. The average molecular weight is 414 g/mol. The Morgan fingerprint density at radius 1 is 1.30 bits per heavy atom. The van der Waals surface area contributed by atoms with Crippen LogP contribution in [0.25, 0.3) is 10.9 Å². The molecule has 1 aromatic carbocycles. The molecule has 1 N–H and O–H groups in total. The summed E-state index contributed by atoms with van der Waals surface area (Å²) in [5, 5.41) is 3.96. The number of anilines is 1. The number of benzene rings is 1. The molecule has 1 atom stereocenters. The van der Waals surface area contributed by atoms with Crippen LogP contribution in [0.2, 0.25) is 0 Å². The predicted molar refractivity (Wildman–Crippen MR) is 111 cm³/mol. The van der Waals surface area contributed by atoms with Crippen molar-refractivity contribution < 1.29 is 13.5 Å². The summed E-state index contributed by atoms with van der Waals surface area (Å²) in [6.07, 6.45) is 0.000221. The zero-order valence-electron chi connectivity index (χ0n) is 17.2. The molecule has 3 aromatic rings. The molecule has 0 bridgehead atoms. The van der Waals surface area contributed by atoms with Gasteiger partial charge in [0.15, 0.2) is 0 Å². The summed E-state index contributed by atoms with van der Waals surface area (Å²) in [5.74, 6) is 1.09. The third-order valence-electron chi connectivity index (χ3n) is 5.79. The normalized spacial score (nSPS) is 19.0. The van der Waals surface area contributed by atoms with E-state index in [1.807, 2.05) is 13.0 Å². The summed E-state index contributed by atoms with van der Waals surface area (Å²) >= 11 is 0. The van der Waals surface area contributed by atoms with Crippen molar-refractivity contribution in [3.8, 4) is 0 Å². The van der Waals surface area contributed by atoms with E-state index in [9.17, 15) is 13.6 Å². The average Bonchev–Trinajstić information content (AvgIpc) is 3.13. The molecule has 0 saturated carbocycles. The first-order valence-electron chi connectivity index (χ1n) is 9.88. The predicted octanol–water partition coefficient (Wildman–Crippen LogP) is 4.09. The topological polar surface area (TPSA) is 69.0 Å². The summed E-state index contributed by atoms with van der Waals surface area (Å²) in [6, 6.07) is 6.41. The fraction of sp³-hybridized carbons (Fsp3) is 0.409. The second kappa shape index (κ2) is 7.75. The molecule has 158 valence electrons. The standard InChI is InChI=1S/C22H24F2N4O2/c1-13-15(5-4-6-16(13)20(23)24)10-25-21-17-11-28(22(3)7-8-30-12-22)19(29)9-18(17)26-14(2)27-21/h4-6,9,11,20H,7-8,10,12H2,1-3H3,(H,25,26,27). The van der Waals surface area contributed by atoms with E-state index in [2.05, 4.69) is 15.3 Å². The monoisotopic (exact) mass is 414 g/mol. The number of fused-ring (bicyclic) bond motifs is 1. The number of nitrogens with zero attached hydrogens (tertiary/aromatic N) is 3. The molecule has 0 radical (unpaired) electrons. The number of rotatable bonds is 5. The molecule has 6 nitrogen and oxygen atoms in total. The molecule has 0 aliphatic carbocycles. The minimum Gasteiger partial charge on any atom is -0.379 e. The summed E-state index contributed by atoms with van der Waals surface area (Å²) in [4.78, 5) is 21.6. The van der Waals surface area contributed by atoms with Crippen LogP contribution >= 0.6 is 0 Å². The number of nitrogens with one attached hydrogen (secondary N) is 1. The van der Waals surface area contributed by atoms with Crippen LogP contribution in [0.1, 0.15) is 42.3 Å². The first-order chi connectivity index (χ1) is 14.3. The van der Waals surface area contributed by atoms with Gasteiger partial charge in [-0.3, -0.25) is 4.79 Å². The Morgan fingerprint density at radius 3 is 2.80 bits per heavy atom. The second-order valence-electron chi connectivity index (χ2n) is 7.99. The Kier molecular flexibility index (Phi) is 5.27. The van der Waals surface area contributed by atoms with E-state index in [0.29, 0.717) is 47.9 Å². The molecule has 1 aliphatic heterocycles. The van der Waals surface area contributed by atoms with Crippen molar-refractivity contribution >= 4 is 16.7 Å². The van der Waals surface area contributed by atoms with Gasteiger partial charge < -0.3 is 14.6 Å². The molecule has 4 rings (SSSR count). The lowest BCUT2D eigenvalue weighted by atomic mass is 10.0. The van der Waals surface area contributed by atoms with E-state index >= 15 is 0 Å². The molecule has 1 aliphatic rings. The van der Waals surface area contributed by atoms with Crippen molar-refractivity contribution in [3.05, 3.63) is 63.3 Å². The Bertz CT molecular complexity index is 1150. The zero-order chi connectivity index (χ0) is 21.5. The van der Waals surface area contributed by atoms with Gasteiger partial charge in [0.05, 0.1) is 23.0 Å². The van der Waals surface area contributed by atoms with Crippen LogP contribution in [0.4, 0.5) is 14.6 Å². The van der Waals surface area contributed by atoms with Crippen molar-refractivity contribution in [2.75, 3.05) is 18.5 Å². The molecular weight excluding hydrogens is 390 g/mol. The van der Waals surface area contributed by atoms with Gasteiger partial charge in [-0.2, -0.15) is 0 Å². The maximum atomic E-state index is 13.2. The first kappa shape index (κ1) is 20.4. The number of halogens is 2. The molecule has 2 aromatic heterocycles. The zero-order valence-corrected chi connectivity index (χ0v) is 17.2. The number of hydrogen-bond acceptors (Lipinski definition) is 5. The van der Waals surface area contributed by atoms with Crippen molar-refractivity contribution in [1.29, 1.82) is 0 Å². The van der Waals surface area contributed by atoms with Crippen molar-refractivity contribution in [2.24, 2.45) is 0 Å². The number of hydrogen-bond donors (Lipinski definition) is 1. The van der Waals surface area contributed by atoms with E-state index in [1.54, 1.807) is 30.7 Å². The van der Waals surface area contributed by atoms with Crippen LogP contribution in [0, 0.1) is 13.8 Å². The van der Waals surface area contributed by atoms with Crippen molar-refractivity contribution in [3.63, 3.8) is 0 Å². The van der Waals surface area contributed by atoms with E-state index in [-0.39, 0.29) is 11.1 Å². The minimum absolute atomic E-state index is 0.0287. The van der Waals surface area contributed by atoms with E-state index in [0.717, 1.165) is 12.0 Å². The number of alkyl halides is 2. The van der Waals surface area contributed by atoms with Crippen LogP contribution in [0.3, 0.4) is 0 Å². The molecule has 0 spiro atoms. The maximum absolute atomic E-state index is 13.2. The number of pyridine rings is 1. The highest BCUT2D eigenvalue weighted by atomic mass is 19.3. The summed E-state index contributed by atoms with van der Waals surface area (Å²) in [7, 11) is 0. The van der Waals surface area contributed by atoms with Gasteiger partial charge in [-0.1, -0.05) is 18.2 Å². The lowest BCUT2D eigenvalue weighted by molar-refractivity contribution is 0.150. The lowest BCUT2D eigenvalue weighted by Gasteiger charge is -2.25. The van der Waals surface area contributed by atoms with Crippen molar-refractivity contribution in [1.82, 2.24) is 14.5 Å². The first-order valence-corrected chi connectivity index (χ1v) is 9.88. The molecule has 1 unspecified atom stereocenters. The number of aromatic nitrogens is 3. The van der Waals surface area contributed by atoms with E-state index < -0.39 is 12.0 Å². The van der Waals surface area contributed by atoms with Crippen LogP contribution in [-0.2, 0) is 16.8 Å². The molecule has 1 saturated heterocycles. The Morgan fingerprint density at radius 2 is 2.10 bits per heavy atom. The van der Waals surface area contributed by atoms with Crippen LogP contribution < -0.4 is 10.9 Å². The Balaban J connectivity index is 1.74. The molecule has 30 heavy (non-hydrogen) atoms. The van der Waals surface area contributed by atoms with Gasteiger partial charge in [-0.05, 0) is 38.3 Å². The SMILES string of the molecule is Cc1nc(NCc2cccc(C(F)F)c2C)c2cn(C3(C)CCOC3)c(=O)cc2n1. The molecule has 1 fully saturated rings. The van der Waals surface area contributed by atoms with Gasteiger partial charge >= 0.3 is 0 Å². The maximum Gasteiger partial charge on any atom is 0.264 e. The van der Waals surface area contributed by atoms with E-state index in [4.69, 9.17) is 4.74 Å². The fourth-order valence-electron chi connectivity index (χ4n) is 3.93. The van der Waals surface area contributed by atoms with Gasteiger partial charge in [0.2, 0.25) is 0 Å². The largest absolute Gasteiger partial charge is 0.379 e. The molecule has 0 amide bonds. The van der Waals surface area contributed by atoms with Gasteiger partial charge in [0.1, 0.15) is 11.6 Å². The summed E-state index contributed by atoms with van der Waals surface area (Å²) in [6.45, 7) is 6.85. The summed E-state index contributed by atoms with van der Waals surface area (Å²) < 4.78 is 33.6. The highest BCUT2D eigenvalue weighted by Gasteiger charge is 2.32. The third kappa shape index (κ3) is 3.67. The van der Waals surface area contributed by atoms with Crippen LogP contribution in [-0.4, -0.2) is 27.7 Å². The fourth-order valence-corrected chi connectivity index (χ4v) is 3.93. The van der Waals surface area contributed by atoms with Gasteiger partial charge in [0, 0.05) is 31.0 Å². The van der Waals surface area contributed by atoms with Gasteiger partial charge in [-0.25, -0.2) is 18.7 Å². The molecule has 3 heterocycles. The number of aryl methyl sites for hydroxylation is 1. The Hall–Kier alpha value is -2.87. The van der Waals surface area contributed by atoms with Crippen LogP contribution in [0.5, 0.6) is 0 Å². The summed E-state index contributed by atoms with van der Waals surface area (Å²) in [5.41, 5.74) is 1.34. The highest BCUT2D eigenvalue weighted by molar-refractivity contribution is 5.88. The molecular formula is C22H24F2N4O2. The highest BCUT2D eigenvalue weighted by Crippen LogP contribution is 2.29. The van der Waals surface area contributed by atoms with E-state index in [1.165, 1.54) is 12.1 Å². The Labute approximate surface area is 172 Å². The van der Waals surface area contributed by atoms with Crippen molar-refractivity contribution in [2.45, 2.75) is 45.7 Å². The minimum atomic E-state index is -2.52.